The number of aliphatic hydroxyl groups excluding tert-OH is 2. The molecule has 1 amide bonds. The molecule has 0 unspecified atom stereocenters. The number of nitrogens with zero attached hydrogens (tertiary/aromatic N) is 2. The van der Waals surface area contributed by atoms with Crippen LogP contribution in [0.3, 0.4) is 0 Å². The van der Waals surface area contributed by atoms with Gasteiger partial charge in [0.15, 0.2) is 11.5 Å². The summed E-state index contributed by atoms with van der Waals surface area (Å²) >= 11 is 0. The fourth-order valence-electron chi connectivity index (χ4n) is 7.74. The van der Waals surface area contributed by atoms with Crippen molar-refractivity contribution in [2.24, 2.45) is 5.92 Å². The normalized spacial score (nSPS) is 18.7. The number of carbonyl (C=O) groups is 2. The molecule has 0 saturated carbocycles. The van der Waals surface area contributed by atoms with Gasteiger partial charge in [0.1, 0.15) is 5.82 Å². The molecule has 10 heteroatoms. The Labute approximate surface area is 288 Å². The van der Waals surface area contributed by atoms with Crippen molar-refractivity contribution in [3.8, 4) is 11.5 Å². The number of aliphatic hydroxyl groups is 2. The minimum absolute atomic E-state index is 0.00403. The molecule has 0 aromatic heterocycles. The van der Waals surface area contributed by atoms with E-state index in [2.05, 4.69) is 13.8 Å². The molecule has 2 aliphatic rings. The number of ether oxygens (including phenoxy) is 2. The van der Waals surface area contributed by atoms with E-state index < -0.39 is 23.8 Å². The molecular formula is C39H49FN2O7. The second-order valence-electron chi connectivity index (χ2n) is 13.3. The lowest BCUT2D eigenvalue weighted by Gasteiger charge is -2.35. The first-order valence-electron chi connectivity index (χ1n) is 17.5. The second-order valence-corrected chi connectivity index (χ2v) is 13.3. The maximum atomic E-state index is 14.5. The lowest BCUT2D eigenvalue weighted by molar-refractivity contribution is -0.143. The van der Waals surface area contributed by atoms with Crippen LogP contribution in [0.15, 0.2) is 54.6 Å². The molecule has 9 nitrogen and oxygen atoms in total. The number of likely N-dealkylation sites (tertiary alicyclic amines) is 1. The molecule has 3 atom stereocenters. The van der Waals surface area contributed by atoms with Crippen molar-refractivity contribution in [1.29, 1.82) is 0 Å². The minimum Gasteiger partial charge on any atom is -0.481 e. The summed E-state index contributed by atoms with van der Waals surface area (Å²) in [4.78, 5) is 31.5. The molecule has 2 heterocycles. The fourth-order valence-corrected chi connectivity index (χ4v) is 7.74. The summed E-state index contributed by atoms with van der Waals surface area (Å²) in [6.45, 7) is 5.82. The Morgan fingerprint density at radius 1 is 0.980 bits per heavy atom. The van der Waals surface area contributed by atoms with Gasteiger partial charge >= 0.3 is 5.97 Å². The molecule has 3 aromatic rings. The van der Waals surface area contributed by atoms with E-state index in [1.165, 1.54) is 6.07 Å². The zero-order chi connectivity index (χ0) is 35.1. The molecular weight excluding hydrogens is 627 g/mol. The Bertz CT molecular complexity index is 1610. The number of fused-ring (bicyclic) bond motifs is 1. The van der Waals surface area contributed by atoms with E-state index in [1.54, 1.807) is 31.2 Å². The van der Waals surface area contributed by atoms with Gasteiger partial charge in [-0.1, -0.05) is 51.0 Å². The number of carbonyl (C=O) groups excluding carboxylic acids is 1. The highest BCUT2D eigenvalue weighted by atomic mass is 19.1. The lowest BCUT2D eigenvalue weighted by atomic mass is 9.82. The number of hydrogen-bond donors (Lipinski definition) is 3. The van der Waals surface area contributed by atoms with Gasteiger partial charge in [0.25, 0.3) is 0 Å². The number of benzene rings is 3. The zero-order valence-electron chi connectivity index (χ0n) is 28.7. The Hall–Kier alpha value is -3.99. The van der Waals surface area contributed by atoms with Crippen LogP contribution < -0.4 is 14.4 Å². The molecule has 5 rings (SSSR count). The summed E-state index contributed by atoms with van der Waals surface area (Å²) in [5.74, 6) is -1.83. The lowest BCUT2D eigenvalue weighted by Crippen LogP contribution is -2.48. The number of hydrogen-bond acceptors (Lipinski definition) is 7. The minimum atomic E-state index is -0.954. The van der Waals surface area contributed by atoms with E-state index in [-0.39, 0.29) is 44.3 Å². The molecule has 1 saturated heterocycles. The Morgan fingerprint density at radius 3 is 2.35 bits per heavy atom. The largest absolute Gasteiger partial charge is 0.481 e. The van der Waals surface area contributed by atoms with Gasteiger partial charge in [-0.3, -0.25) is 14.5 Å². The molecule has 2 aliphatic heterocycles. The predicted octanol–water partition coefficient (Wildman–Crippen LogP) is 6.34. The van der Waals surface area contributed by atoms with Crippen LogP contribution in [0.25, 0.3) is 0 Å². The Kier molecular flexibility index (Phi) is 12.3. The van der Waals surface area contributed by atoms with Crippen molar-refractivity contribution in [3.05, 3.63) is 88.2 Å². The topological polar surface area (TPSA) is 120 Å². The van der Waals surface area contributed by atoms with Gasteiger partial charge in [0.05, 0.1) is 25.7 Å². The van der Waals surface area contributed by atoms with Crippen LogP contribution in [-0.4, -0.2) is 64.1 Å². The van der Waals surface area contributed by atoms with Crippen LogP contribution in [0.5, 0.6) is 11.5 Å². The molecule has 0 radical (unpaired) electrons. The molecule has 3 aromatic carbocycles. The number of halogens is 1. The zero-order valence-corrected chi connectivity index (χ0v) is 28.7. The summed E-state index contributed by atoms with van der Waals surface area (Å²) in [6.07, 6.45) is 5.13. The molecule has 0 spiro atoms. The summed E-state index contributed by atoms with van der Waals surface area (Å²) in [5, 5.41) is 30.8. The van der Waals surface area contributed by atoms with E-state index in [4.69, 9.17) is 9.47 Å². The molecule has 0 bridgehead atoms. The van der Waals surface area contributed by atoms with Crippen LogP contribution in [0.2, 0.25) is 0 Å². The van der Waals surface area contributed by atoms with Crippen molar-refractivity contribution in [3.63, 3.8) is 0 Å². The van der Waals surface area contributed by atoms with Crippen LogP contribution in [-0.2, 0) is 29.2 Å². The summed E-state index contributed by atoms with van der Waals surface area (Å²) in [7, 11) is 0. The third-order valence-electron chi connectivity index (χ3n) is 10.1. The SMILES string of the molecule is CCCC(CCC)N(C(=O)CN1C[C@H](c2cc(CO)c3c(c2)OCO3)[C@@H](C(=O)O)[C@@H]1CCCc1ccccc1CO)c1ccc(F)c(C)c1. The molecule has 1 fully saturated rings. The number of amides is 1. The third-order valence-corrected chi connectivity index (χ3v) is 10.1. The van der Waals surface area contributed by atoms with Crippen molar-refractivity contribution in [2.75, 3.05) is 24.8 Å². The number of aryl methyl sites for hydroxylation is 2. The van der Waals surface area contributed by atoms with Gasteiger partial charge in [-0.2, -0.15) is 0 Å². The highest BCUT2D eigenvalue weighted by Gasteiger charge is 2.47. The van der Waals surface area contributed by atoms with E-state index in [9.17, 15) is 29.3 Å². The maximum Gasteiger partial charge on any atom is 0.308 e. The molecule has 0 aliphatic carbocycles. The summed E-state index contributed by atoms with van der Waals surface area (Å²) in [6, 6.07) is 15.5. The summed E-state index contributed by atoms with van der Waals surface area (Å²) < 4.78 is 25.6. The van der Waals surface area contributed by atoms with Crippen molar-refractivity contribution >= 4 is 17.6 Å². The van der Waals surface area contributed by atoms with Crippen LogP contribution in [0.4, 0.5) is 10.1 Å². The monoisotopic (exact) mass is 676 g/mol. The first-order chi connectivity index (χ1) is 23.7. The predicted molar refractivity (Wildman–Crippen MR) is 185 cm³/mol. The smallest absolute Gasteiger partial charge is 0.308 e. The third kappa shape index (κ3) is 8.09. The van der Waals surface area contributed by atoms with Gasteiger partial charge in [-0.25, -0.2) is 4.39 Å². The highest BCUT2D eigenvalue weighted by molar-refractivity contribution is 5.95. The van der Waals surface area contributed by atoms with Gasteiger partial charge in [-0.05, 0) is 91.6 Å². The Balaban J connectivity index is 1.50. The van der Waals surface area contributed by atoms with Crippen molar-refractivity contribution in [2.45, 2.75) is 96.9 Å². The quantitative estimate of drug-likeness (QED) is 0.161. The van der Waals surface area contributed by atoms with Gasteiger partial charge in [-0.15, -0.1) is 0 Å². The first-order valence-corrected chi connectivity index (χ1v) is 17.5. The van der Waals surface area contributed by atoms with Crippen LogP contribution >= 0.6 is 0 Å². The van der Waals surface area contributed by atoms with Gasteiger partial charge in [0, 0.05) is 35.8 Å². The summed E-state index contributed by atoms with van der Waals surface area (Å²) in [5.41, 5.74) is 4.19. The van der Waals surface area contributed by atoms with Crippen molar-refractivity contribution < 1.29 is 38.8 Å². The highest BCUT2D eigenvalue weighted by Crippen LogP contribution is 2.45. The number of aliphatic carboxylic acids is 1. The number of rotatable bonds is 16. The van der Waals surface area contributed by atoms with Crippen molar-refractivity contribution in [1.82, 2.24) is 4.90 Å². The van der Waals surface area contributed by atoms with Crippen LogP contribution in [0.1, 0.15) is 86.1 Å². The average Bonchev–Trinajstić information content (AvgIpc) is 3.71. The van der Waals surface area contributed by atoms with E-state index in [1.807, 2.05) is 34.1 Å². The fraction of sp³-hybridized carbons (Fsp3) is 0.487. The first kappa shape index (κ1) is 36.3. The van der Waals surface area contributed by atoms with Gasteiger partial charge in [0.2, 0.25) is 12.7 Å². The van der Waals surface area contributed by atoms with Crippen LogP contribution in [0, 0.1) is 18.7 Å². The number of carboxylic acids is 1. The number of carboxylic acid groups (broad SMARTS) is 1. The standard InChI is InChI=1S/C39H49FN2O7/c1-4-9-30(10-5-2)42(31-15-16-33(40)25(3)17-31)36(45)21-41-20-32(28-18-29(23-44)38-35(19-28)48-24-49-38)37(39(46)47)34(41)14-8-13-26-11-6-7-12-27(26)22-43/h6-7,11-12,15-19,30,32,34,37,43-44H,4-5,8-10,13-14,20-24H2,1-3H3,(H,46,47)/t32-,34+,37-/m1/s1. The number of anilines is 1. The van der Waals surface area contributed by atoms with E-state index in [0.29, 0.717) is 59.7 Å². The molecule has 3 N–H and O–H groups in total. The molecule has 264 valence electrons. The van der Waals surface area contributed by atoms with Gasteiger partial charge < -0.3 is 29.7 Å². The van der Waals surface area contributed by atoms with E-state index >= 15 is 0 Å². The maximum absolute atomic E-state index is 14.5. The average molecular weight is 677 g/mol. The Morgan fingerprint density at radius 2 is 1.69 bits per heavy atom. The second kappa shape index (κ2) is 16.6. The van der Waals surface area contributed by atoms with E-state index in [0.717, 1.165) is 36.8 Å². The molecule has 49 heavy (non-hydrogen) atoms.